The number of nitrogens with zero attached hydrogens (tertiary/aromatic N) is 1. The Labute approximate surface area is 96.1 Å². The zero-order chi connectivity index (χ0) is 11.3. The lowest BCUT2D eigenvalue weighted by Gasteiger charge is -2.38. The maximum absolute atomic E-state index is 11.4. The molecular weight excluding hydrogens is 208 g/mol. The minimum absolute atomic E-state index is 0.572. The van der Waals surface area contributed by atoms with E-state index in [0.717, 1.165) is 31.1 Å². The van der Waals surface area contributed by atoms with Crippen LogP contribution in [0.15, 0.2) is 0 Å². The summed E-state index contributed by atoms with van der Waals surface area (Å²) in [5.41, 5.74) is 0. The van der Waals surface area contributed by atoms with Crippen molar-refractivity contribution in [3.8, 4) is 0 Å². The van der Waals surface area contributed by atoms with Gasteiger partial charge in [0.05, 0.1) is 0 Å². The Morgan fingerprint density at radius 3 is 2.80 bits per heavy atom. The molecule has 0 aromatic heterocycles. The van der Waals surface area contributed by atoms with Crippen LogP contribution in [-0.2, 0) is 10.8 Å². The Hall–Kier alpha value is 0.0700. The summed E-state index contributed by atoms with van der Waals surface area (Å²) >= 11 is 0. The Morgan fingerprint density at radius 1 is 1.47 bits per heavy atom. The minimum Gasteiger partial charge on any atom is -0.311 e. The molecule has 1 aliphatic heterocycles. The molecule has 0 radical (unpaired) electrons. The van der Waals surface area contributed by atoms with Crippen molar-refractivity contribution >= 4 is 10.8 Å². The van der Waals surface area contributed by atoms with Gasteiger partial charge in [0, 0.05) is 54.0 Å². The van der Waals surface area contributed by atoms with Gasteiger partial charge < -0.3 is 5.32 Å². The third-order valence-corrected chi connectivity index (χ3v) is 4.41. The van der Waals surface area contributed by atoms with E-state index in [9.17, 15) is 4.21 Å². The molecule has 1 saturated heterocycles. The lowest BCUT2D eigenvalue weighted by atomic mass is 10.1. The van der Waals surface area contributed by atoms with Crippen LogP contribution >= 0.6 is 0 Å². The fourth-order valence-electron chi connectivity index (χ4n) is 2.07. The van der Waals surface area contributed by atoms with Crippen LogP contribution in [0.3, 0.4) is 0 Å². The molecule has 1 heterocycles. The number of rotatable bonds is 5. The van der Waals surface area contributed by atoms with E-state index in [4.69, 9.17) is 0 Å². The van der Waals surface area contributed by atoms with E-state index in [1.807, 2.05) is 6.92 Å². The summed E-state index contributed by atoms with van der Waals surface area (Å²) in [4.78, 5) is 2.49. The van der Waals surface area contributed by atoms with Crippen molar-refractivity contribution in [2.24, 2.45) is 0 Å². The summed E-state index contributed by atoms with van der Waals surface area (Å²) in [6, 6.07) is 1.21. The molecule has 3 unspecified atom stereocenters. The highest BCUT2D eigenvalue weighted by atomic mass is 32.2. The third-order valence-electron chi connectivity index (χ3n) is 3.13. The van der Waals surface area contributed by atoms with E-state index in [1.54, 1.807) is 0 Å². The molecule has 0 aliphatic carbocycles. The van der Waals surface area contributed by atoms with E-state index in [2.05, 4.69) is 24.1 Å². The minimum atomic E-state index is -0.619. The molecular formula is C11H24N2OS. The fraction of sp³-hybridized carbons (Fsp3) is 1.00. The van der Waals surface area contributed by atoms with E-state index >= 15 is 0 Å². The molecule has 1 fully saturated rings. The molecule has 90 valence electrons. The van der Waals surface area contributed by atoms with Gasteiger partial charge >= 0.3 is 0 Å². The molecule has 0 saturated carbocycles. The average Bonchev–Trinajstić information content (AvgIpc) is 2.26. The molecule has 15 heavy (non-hydrogen) atoms. The van der Waals surface area contributed by atoms with Crippen LogP contribution < -0.4 is 5.32 Å². The highest BCUT2D eigenvalue weighted by Gasteiger charge is 2.23. The first-order valence-electron chi connectivity index (χ1n) is 5.99. The van der Waals surface area contributed by atoms with Crippen LogP contribution in [-0.4, -0.2) is 52.3 Å². The van der Waals surface area contributed by atoms with Gasteiger partial charge in [0.2, 0.25) is 0 Å². The first kappa shape index (κ1) is 13.1. The van der Waals surface area contributed by atoms with Crippen molar-refractivity contribution in [1.29, 1.82) is 0 Å². The maximum atomic E-state index is 11.4. The number of nitrogens with one attached hydrogen (secondary N) is 1. The Morgan fingerprint density at radius 2 is 2.20 bits per heavy atom. The fourth-order valence-corrected chi connectivity index (χ4v) is 2.80. The predicted octanol–water partition coefficient (Wildman–Crippen LogP) is 0.827. The predicted molar refractivity (Wildman–Crippen MR) is 66.7 cm³/mol. The van der Waals surface area contributed by atoms with Crippen molar-refractivity contribution < 1.29 is 4.21 Å². The molecule has 0 bridgehead atoms. The first-order chi connectivity index (χ1) is 7.17. The normalized spacial score (nSPS) is 30.3. The van der Waals surface area contributed by atoms with Crippen molar-refractivity contribution in [3.63, 3.8) is 0 Å². The monoisotopic (exact) mass is 232 g/mol. The molecule has 3 atom stereocenters. The zero-order valence-corrected chi connectivity index (χ0v) is 11.0. The molecule has 0 amide bonds. The van der Waals surface area contributed by atoms with Gasteiger partial charge in [-0.1, -0.05) is 13.8 Å². The molecule has 1 aliphatic rings. The van der Waals surface area contributed by atoms with E-state index in [0.29, 0.717) is 12.1 Å². The molecule has 1 N–H and O–H groups in total. The molecule has 3 nitrogen and oxygen atoms in total. The van der Waals surface area contributed by atoms with Gasteiger partial charge in [-0.3, -0.25) is 9.11 Å². The van der Waals surface area contributed by atoms with E-state index in [1.165, 1.54) is 6.42 Å². The Balaban J connectivity index is 2.38. The third kappa shape index (κ3) is 4.21. The number of hydrogen-bond acceptors (Lipinski definition) is 3. The van der Waals surface area contributed by atoms with E-state index < -0.39 is 10.8 Å². The SMILES string of the molecule is CCC1CNC(C)CN1CCS(=O)CC. The van der Waals surface area contributed by atoms with Gasteiger partial charge in [-0.15, -0.1) is 0 Å². The Bertz CT molecular complexity index is 211. The summed E-state index contributed by atoms with van der Waals surface area (Å²) in [5.74, 6) is 1.62. The highest BCUT2D eigenvalue weighted by Crippen LogP contribution is 2.09. The topological polar surface area (TPSA) is 32.3 Å². The van der Waals surface area contributed by atoms with Gasteiger partial charge in [-0.25, -0.2) is 0 Å². The van der Waals surface area contributed by atoms with Crippen LogP contribution in [0.1, 0.15) is 27.2 Å². The van der Waals surface area contributed by atoms with E-state index in [-0.39, 0.29) is 0 Å². The highest BCUT2D eigenvalue weighted by molar-refractivity contribution is 7.84. The molecule has 0 aromatic rings. The lowest BCUT2D eigenvalue weighted by molar-refractivity contribution is 0.140. The summed E-state index contributed by atoms with van der Waals surface area (Å²) in [7, 11) is -0.619. The summed E-state index contributed by atoms with van der Waals surface area (Å²) in [5, 5.41) is 3.50. The summed E-state index contributed by atoms with van der Waals surface area (Å²) in [6.07, 6.45) is 1.18. The maximum Gasteiger partial charge on any atom is 0.0362 e. The second-order valence-electron chi connectivity index (χ2n) is 4.30. The smallest absolute Gasteiger partial charge is 0.0362 e. The van der Waals surface area contributed by atoms with Crippen LogP contribution in [0.4, 0.5) is 0 Å². The van der Waals surface area contributed by atoms with Gasteiger partial charge in [-0.2, -0.15) is 0 Å². The van der Waals surface area contributed by atoms with Crippen LogP contribution in [0.2, 0.25) is 0 Å². The zero-order valence-electron chi connectivity index (χ0n) is 10.2. The van der Waals surface area contributed by atoms with Crippen molar-refractivity contribution in [3.05, 3.63) is 0 Å². The Kier molecular flexibility index (Phi) is 5.79. The average molecular weight is 232 g/mol. The van der Waals surface area contributed by atoms with Crippen LogP contribution in [0.25, 0.3) is 0 Å². The van der Waals surface area contributed by atoms with Crippen molar-refractivity contribution in [2.75, 3.05) is 31.1 Å². The molecule has 0 spiro atoms. The van der Waals surface area contributed by atoms with Crippen molar-refractivity contribution in [1.82, 2.24) is 10.2 Å². The van der Waals surface area contributed by atoms with Crippen LogP contribution in [0.5, 0.6) is 0 Å². The van der Waals surface area contributed by atoms with Gasteiger partial charge in [-0.05, 0) is 13.3 Å². The summed E-state index contributed by atoms with van der Waals surface area (Å²) in [6.45, 7) is 9.61. The van der Waals surface area contributed by atoms with Gasteiger partial charge in [0.25, 0.3) is 0 Å². The standard InChI is InChI=1S/C11H24N2OS/c1-4-11-8-12-10(3)9-13(11)6-7-15(14)5-2/h10-12H,4-9H2,1-3H3. The second kappa shape index (κ2) is 6.61. The van der Waals surface area contributed by atoms with Gasteiger partial charge in [0.1, 0.15) is 0 Å². The lowest BCUT2D eigenvalue weighted by Crippen LogP contribution is -2.55. The largest absolute Gasteiger partial charge is 0.311 e. The summed E-state index contributed by atoms with van der Waals surface area (Å²) < 4.78 is 11.4. The van der Waals surface area contributed by atoms with Crippen LogP contribution in [0, 0.1) is 0 Å². The van der Waals surface area contributed by atoms with Gasteiger partial charge in [0.15, 0.2) is 0 Å². The first-order valence-corrected chi connectivity index (χ1v) is 7.48. The quantitative estimate of drug-likeness (QED) is 0.762. The van der Waals surface area contributed by atoms with Crippen molar-refractivity contribution in [2.45, 2.75) is 39.3 Å². The molecule has 0 aromatic carbocycles. The molecule has 4 heteroatoms. The molecule has 1 rings (SSSR count). The number of hydrogen-bond donors (Lipinski definition) is 1. The second-order valence-corrected chi connectivity index (χ2v) is 6.16. The number of piperazine rings is 1.